The summed E-state index contributed by atoms with van der Waals surface area (Å²) in [6.45, 7) is 7.82. The number of aliphatic hydroxyl groups excluding tert-OH is 2. The second kappa shape index (κ2) is 15.1. The number of nitrogens with one attached hydrogen (secondary N) is 2. The summed E-state index contributed by atoms with van der Waals surface area (Å²) >= 11 is 0. The van der Waals surface area contributed by atoms with Crippen LogP contribution in [0.2, 0.25) is 0 Å². The summed E-state index contributed by atoms with van der Waals surface area (Å²) in [7, 11) is 0. The van der Waals surface area contributed by atoms with Crippen LogP contribution in [0.1, 0.15) is 66.2 Å². The van der Waals surface area contributed by atoms with E-state index in [2.05, 4.69) is 30.6 Å². The first-order valence-corrected chi connectivity index (χ1v) is 13.5. The minimum absolute atomic E-state index is 0.0921. The van der Waals surface area contributed by atoms with Crippen LogP contribution in [0, 0.1) is 5.92 Å². The Morgan fingerprint density at radius 3 is 2.45 bits per heavy atom. The lowest BCUT2D eigenvalue weighted by Gasteiger charge is -2.31. The predicted molar refractivity (Wildman–Crippen MR) is 152 cm³/mol. The number of ketones is 2. The fraction of sp³-hybridized carbons (Fsp3) is 0.419. The zero-order valence-corrected chi connectivity index (χ0v) is 23.6. The van der Waals surface area contributed by atoms with E-state index in [1.807, 2.05) is 6.92 Å². The number of Topliss-reactive ketones (excluding diaryl/α,β-unsaturated/α-hetero) is 2. The molecule has 0 radical (unpaired) electrons. The standard InChI is InChI=1S/C31H40N2O7/c1-5-6-11-20(2)16-21(3)17-22(4)30(39)32-23-19-31(40,27(37)18-26(23)36)15-10-8-7-9-12-28(38)33-29-24(34)13-14-25(29)35/h7-10,12,15-17,19-20,27,34,37,40H,5-6,11,13-14,18H2,1-4H3,(H,32,39)(H,33,38)/b8-7+,12-9+,15-10+,21-16+,22-17+/t20?,27-,31+/m1/s1. The highest BCUT2D eigenvalue weighted by Gasteiger charge is 2.39. The molecule has 3 atom stereocenters. The molecule has 2 aliphatic carbocycles. The number of allylic oxidation sites excluding steroid dienone is 10. The molecule has 40 heavy (non-hydrogen) atoms. The van der Waals surface area contributed by atoms with Crippen molar-refractivity contribution in [3.63, 3.8) is 0 Å². The van der Waals surface area contributed by atoms with Gasteiger partial charge < -0.3 is 26.0 Å². The predicted octanol–water partition coefficient (Wildman–Crippen LogP) is 3.69. The van der Waals surface area contributed by atoms with Crippen molar-refractivity contribution in [2.45, 2.75) is 77.9 Å². The maximum atomic E-state index is 12.7. The van der Waals surface area contributed by atoms with E-state index in [0.29, 0.717) is 11.5 Å². The normalized spacial score (nSPS) is 23.4. The maximum Gasteiger partial charge on any atom is 0.251 e. The lowest BCUT2D eigenvalue weighted by Crippen LogP contribution is -2.46. The quantitative estimate of drug-likeness (QED) is 0.183. The van der Waals surface area contributed by atoms with Gasteiger partial charge in [0.1, 0.15) is 17.1 Å². The number of carbonyl (C=O) groups is 4. The van der Waals surface area contributed by atoms with Crippen molar-refractivity contribution in [2.24, 2.45) is 5.92 Å². The molecule has 0 aromatic rings. The number of rotatable bonds is 12. The van der Waals surface area contributed by atoms with Crippen LogP contribution in [0.3, 0.4) is 0 Å². The summed E-state index contributed by atoms with van der Waals surface area (Å²) in [6.07, 6.45) is 15.1. The number of hydrogen-bond acceptors (Lipinski definition) is 7. The molecule has 0 saturated carbocycles. The Bertz CT molecular complexity index is 1220. The van der Waals surface area contributed by atoms with E-state index >= 15 is 0 Å². The molecule has 2 amide bonds. The number of hydrogen-bond donors (Lipinski definition) is 5. The zero-order valence-electron chi connectivity index (χ0n) is 23.6. The smallest absolute Gasteiger partial charge is 0.251 e. The van der Waals surface area contributed by atoms with Crippen molar-refractivity contribution in [3.8, 4) is 0 Å². The summed E-state index contributed by atoms with van der Waals surface area (Å²) in [4.78, 5) is 48.7. The minimum Gasteiger partial charge on any atom is -0.510 e. The Kier molecular flexibility index (Phi) is 12.2. The number of carbonyl (C=O) groups excluding carboxylic acids is 4. The van der Waals surface area contributed by atoms with E-state index in [-0.39, 0.29) is 42.2 Å². The van der Waals surface area contributed by atoms with Gasteiger partial charge in [-0.15, -0.1) is 0 Å². The fourth-order valence-electron chi connectivity index (χ4n) is 4.29. The lowest BCUT2D eigenvalue weighted by molar-refractivity contribution is -0.125. The van der Waals surface area contributed by atoms with E-state index < -0.39 is 29.3 Å². The van der Waals surface area contributed by atoms with Gasteiger partial charge in [-0.1, -0.05) is 68.7 Å². The van der Waals surface area contributed by atoms with Gasteiger partial charge in [-0.05, 0) is 38.3 Å². The van der Waals surface area contributed by atoms with E-state index in [4.69, 9.17) is 0 Å². The van der Waals surface area contributed by atoms with E-state index in [1.165, 1.54) is 30.4 Å². The first kappa shape index (κ1) is 32.4. The summed E-state index contributed by atoms with van der Waals surface area (Å²) in [5.74, 6) is -1.66. The molecule has 0 saturated heterocycles. The van der Waals surface area contributed by atoms with Crippen molar-refractivity contribution in [3.05, 3.63) is 83.0 Å². The van der Waals surface area contributed by atoms with Gasteiger partial charge in [-0.2, -0.15) is 0 Å². The Hall–Kier alpha value is -3.82. The summed E-state index contributed by atoms with van der Waals surface area (Å²) in [6, 6.07) is 0. The molecule has 0 aromatic carbocycles. The van der Waals surface area contributed by atoms with Crippen molar-refractivity contribution in [1.82, 2.24) is 10.6 Å². The molecular weight excluding hydrogens is 512 g/mol. The molecule has 2 rings (SSSR count). The highest BCUT2D eigenvalue weighted by atomic mass is 16.3. The molecule has 0 aliphatic heterocycles. The molecule has 0 heterocycles. The average Bonchev–Trinajstić information content (AvgIpc) is 3.20. The van der Waals surface area contributed by atoms with Crippen LogP contribution in [-0.4, -0.2) is 50.4 Å². The van der Waals surface area contributed by atoms with Crippen LogP contribution >= 0.6 is 0 Å². The van der Waals surface area contributed by atoms with Gasteiger partial charge in [-0.25, -0.2) is 0 Å². The Morgan fingerprint density at radius 1 is 1.10 bits per heavy atom. The molecule has 2 aliphatic rings. The molecule has 1 unspecified atom stereocenters. The zero-order chi connectivity index (χ0) is 29.9. The van der Waals surface area contributed by atoms with Crippen molar-refractivity contribution >= 4 is 23.4 Å². The topological polar surface area (TPSA) is 153 Å². The maximum absolute atomic E-state index is 12.7. The van der Waals surface area contributed by atoms with Crippen LogP contribution < -0.4 is 10.6 Å². The molecular formula is C31H40N2O7. The van der Waals surface area contributed by atoms with Crippen molar-refractivity contribution in [1.29, 1.82) is 0 Å². The Labute approximate surface area is 235 Å². The Morgan fingerprint density at radius 2 is 1.80 bits per heavy atom. The average molecular weight is 553 g/mol. The van der Waals surface area contributed by atoms with Crippen molar-refractivity contribution < 1.29 is 34.5 Å². The van der Waals surface area contributed by atoms with Crippen LogP contribution in [0.25, 0.3) is 0 Å². The largest absolute Gasteiger partial charge is 0.510 e. The van der Waals surface area contributed by atoms with E-state index in [1.54, 1.807) is 13.0 Å². The second-order valence-corrected chi connectivity index (χ2v) is 10.2. The summed E-state index contributed by atoms with van der Waals surface area (Å²) in [5, 5.41) is 35.8. The third-order valence-electron chi connectivity index (χ3n) is 6.55. The van der Waals surface area contributed by atoms with E-state index in [0.717, 1.165) is 37.0 Å². The first-order valence-electron chi connectivity index (χ1n) is 13.5. The van der Waals surface area contributed by atoms with Gasteiger partial charge in [0.05, 0.1) is 11.8 Å². The number of aliphatic hydroxyl groups is 3. The molecule has 9 nitrogen and oxygen atoms in total. The fourth-order valence-corrected chi connectivity index (χ4v) is 4.29. The summed E-state index contributed by atoms with van der Waals surface area (Å²) < 4.78 is 0. The minimum atomic E-state index is -1.91. The molecule has 5 N–H and O–H groups in total. The van der Waals surface area contributed by atoms with Gasteiger partial charge in [0.2, 0.25) is 5.91 Å². The number of unbranched alkanes of at least 4 members (excludes halogenated alkanes) is 1. The molecule has 9 heteroatoms. The summed E-state index contributed by atoms with van der Waals surface area (Å²) in [5.41, 5.74) is -0.761. The lowest BCUT2D eigenvalue weighted by atomic mass is 9.85. The molecule has 0 bridgehead atoms. The molecule has 0 aromatic heterocycles. The van der Waals surface area contributed by atoms with Crippen LogP contribution in [0.4, 0.5) is 0 Å². The SMILES string of the molecule is CCCCC(C)/C=C(C)/C=C(\C)C(=O)NC1=C[C@@](O)(/C=C/C=C/C=C/C(=O)NC2=C(O)CCC2=O)[C@H](O)CC1=O. The van der Waals surface area contributed by atoms with Crippen LogP contribution in [-0.2, 0) is 19.2 Å². The third-order valence-corrected chi connectivity index (χ3v) is 6.55. The second-order valence-electron chi connectivity index (χ2n) is 10.2. The number of amides is 2. The molecule has 0 fully saturated rings. The van der Waals surface area contributed by atoms with Gasteiger partial charge >= 0.3 is 0 Å². The third kappa shape index (κ3) is 9.73. The Balaban J connectivity index is 2.03. The first-order chi connectivity index (χ1) is 18.9. The van der Waals surface area contributed by atoms with Crippen LogP contribution in [0.5, 0.6) is 0 Å². The van der Waals surface area contributed by atoms with Crippen molar-refractivity contribution in [2.75, 3.05) is 0 Å². The van der Waals surface area contributed by atoms with E-state index in [9.17, 15) is 34.5 Å². The van der Waals surface area contributed by atoms with Gasteiger partial charge in [0.15, 0.2) is 11.6 Å². The highest BCUT2D eigenvalue weighted by molar-refractivity contribution is 6.04. The molecule has 0 spiro atoms. The monoisotopic (exact) mass is 552 g/mol. The highest BCUT2D eigenvalue weighted by Crippen LogP contribution is 2.26. The van der Waals surface area contributed by atoms with Gasteiger partial charge in [-0.3, -0.25) is 19.2 Å². The van der Waals surface area contributed by atoms with Crippen LogP contribution in [0.15, 0.2) is 83.0 Å². The van der Waals surface area contributed by atoms with Gasteiger partial charge in [0, 0.05) is 30.9 Å². The molecule has 216 valence electrons. The van der Waals surface area contributed by atoms with Gasteiger partial charge in [0.25, 0.3) is 5.91 Å².